The molecule has 6 nitrogen and oxygen atoms in total. The lowest BCUT2D eigenvalue weighted by Gasteiger charge is -2.05. The predicted octanol–water partition coefficient (Wildman–Crippen LogP) is 1.52. The Kier molecular flexibility index (Phi) is 3.80. The summed E-state index contributed by atoms with van der Waals surface area (Å²) in [5.41, 5.74) is 0.459. The van der Waals surface area contributed by atoms with Crippen molar-refractivity contribution in [2.24, 2.45) is 0 Å². The number of carbonyl (C=O) groups is 1. The number of rotatable bonds is 4. The van der Waals surface area contributed by atoms with Crippen LogP contribution in [0.3, 0.4) is 0 Å². The molecule has 2 rings (SSSR count). The lowest BCUT2D eigenvalue weighted by Crippen LogP contribution is -2.13. The van der Waals surface area contributed by atoms with Gasteiger partial charge in [0, 0.05) is 12.4 Å². The maximum atomic E-state index is 11.8. The van der Waals surface area contributed by atoms with Crippen LogP contribution in [0.15, 0.2) is 36.9 Å². The molecule has 2 aromatic heterocycles. The number of hydrogen-bond acceptors (Lipinski definition) is 5. The van der Waals surface area contributed by atoms with Crippen molar-refractivity contribution in [1.82, 2.24) is 15.0 Å². The van der Waals surface area contributed by atoms with Crippen LogP contribution in [0.1, 0.15) is 17.3 Å². The van der Waals surface area contributed by atoms with Crippen LogP contribution in [-0.4, -0.2) is 27.5 Å². The summed E-state index contributed by atoms with van der Waals surface area (Å²) in [5.74, 6) is 0.433. The Morgan fingerprint density at radius 2 is 2.22 bits per heavy atom. The Bertz CT molecular complexity index is 531. The van der Waals surface area contributed by atoms with Crippen LogP contribution < -0.4 is 10.1 Å². The first-order chi connectivity index (χ1) is 8.79. The fraction of sp³-hybridized carbons (Fsp3) is 0.167. The van der Waals surface area contributed by atoms with Gasteiger partial charge in [-0.2, -0.15) is 4.98 Å². The fourth-order valence-corrected chi connectivity index (χ4v) is 1.31. The number of amides is 1. The minimum atomic E-state index is -0.286. The van der Waals surface area contributed by atoms with Crippen LogP contribution in [0.4, 0.5) is 5.82 Å². The second-order valence-corrected chi connectivity index (χ2v) is 3.37. The molecule has 0 fully saturated rings. The minimum absolute atomic E-state index is 0.286. The average Bonchev–Trinajstić information content (AvgIpc) is 2.40. The standard InChI is InChI=1S/C12H12N4O2/c1-2-18-11-8-14-7-10(15-11)16-12(17)9-4-3-5-13-6-9/h3-8H,2H2,1H3,(H,15,16,17). The predicted molar refractivity (Wildman–Crippen MR) is 65.4 cm³/mol. The van der Waals surface area contributed by atoms with Gasteiger partial charge in [-0.05, 0) is 19.1 Å². The highest BCUT2D eigenvalue weighted by atomic mass is 16.5. The van der Waals surface area contributed by atoms with Crippen LogP contribution in [0.5, 0.6) is 5.88 Å². The topological polar surface area (TPSA) is 77.0 Å². The summed E-state index contributed by atoms with van der Waals surface area (Å²) >= 11 is 0. The van der Waals surface area contributed by atoms with Crippen molar-refractivity contribution < 1.29 is 9.53 Å². The number of ether oxygens (including phenoxy) is 1. The monoisotopic (exact) mass is 244 g/mol. The summed E-state index contributed by atoms with van der Waals surface area (Å²) < 4.78 is 5.20. The van der Waals surface area contributed by atoms with Gasteiger partial charge in [-0.3, -0.25) is 14.8 Å². The summed E-state index contributed by atoms with van der Waals surface area (Å²) in [6, 6.07) is 3.36. The lowest BCUT2D eigenvalue weighted by molar-refractivity contribution is 0.102. The molecule has 0 aliphatic rings. The van der Waals surface area contributed by atoms with E-state index < -0.39 is 0 Å². The minimum Gasteiger partial charge on any atom is -0.477 e. The number of nitrogens with zero attached hydrogens (tertiary/aromatic N) is 3. The van der Waals surface area contributed by atoms with Gasteiger partial charge >= 0.3 is 0 Å². The Morgan fingerprint density at radius 1 is 1.33 bits per heavy atom. The van der Waals surface area contributed by atoms with E-state index in [1.54, 1.807) is 18.3 Å². The van der Waals surface area contributed by atoms with E-state index in [4.69, 9.17) is 4.74 Å². The molecule has 18 heavy (non-hydrogen) atoms. The first-order valence-electron chi connectivity index (χ1n) is 5.46. The second kappa shape index (κ2) is 5.72. The van der Waals surface area contributed by atoms with E-state index in [0.29, 0.717) is 23.9 Å². The van der Waals surface area contributed by atoms with E-state index in [9.17, 15) is 4.79 Å². The van der Waals surface area contributed by atoms with E-state index in [1.165, 1.54) is 18.6 Å². The molecule has 2 heterocycles. The number of anilines is 1. The van der Waals surface area contributed by atoms with Gasteiger partial charge < -0.3 is 10.1 Å². The number of hydrogen-bond donors (Lipinski definition) is 1. The highest BCUT2D eigenvalue weighted by Crippen LogP contribution is 2.10. The van der Waals surface area contributed by atoms with Gasteiger partial charge in [-0.15, -0.1) is 0 Å². The maximum Gasteiger partial charge on any atom is 0.258 e. The van der Waals surface area contributed by atoms with Crippen molar-refractivity contribution >= 4 is 11.7 Å². The molecular weight excluding hydrogens is 232 g/mol. The summed E-state index contributed by atoms with van der Waals surface area (Å²) in [4.78, 5) is 23.7. The Morgan fingerprint density at radius 3 is 2.94 bits per heavy atom. The number of aromatic nitrogens is 3. The van der Waals surface area contributed by atoms with Gasteiger partial charge in [-0.1, -0.05) is 0 Å². The van der Waals surface area contributed by atoms with Crippen LogP contribution >= 0.6 is 0 Å². The lowest BCUT2D eigenvalue weighted by atomic mass is 10.3. The van der Waals surface area contributed by atoms with Gasteiger partial charge in [0.2, 0.25) is 5.88 Å². The zero-order chi connectivity index (χ0) is 12.8. The Hall–Kier alpha value is -2.50. The molecule has 1 N–H and O–H groups in total. The molecule has 0 aliphatic heterocycles. The fourth-order valence-electron chi connectivity index (χ4n) is 1.31. The third-order valence-electron chi connectivity index (χ3n) is 2.07. The van der Waals surface area contributed by atoms with Gasteiger partial charge in [0.15, 0.2) is 5.82 Å². The quantitative estimate of drug-likeness (QED) is 0.882. The molecule has 0 aromatic carbocycles. The SMILES string of the molecule is CCOc1cncc(NC(=O)c2cccnc2)n1. The number of nitrogens with one attached hydrogen (secondary N) is 1. The molecule has 6 heteroatoms. The molecule has 0 radical (unpaired) electrons. The van der Waals surface area contributed by atoms with Crippen LogP contribution in [-0.2, 0) is 0 Å². The highest BCUT2D eigenvalue weighted by molar-refractivity contribution is 6.03. The van der Waals surface area contributed by atoms with E-state index in [1.807, 2.05) is 6.92 Å². The zero-order valence-electron chi connectivity index (χ0n) is 9.83. The van der Waals surface area contributed by atoms with Crippen molar-refractivity contribution in [2.75, 3.05) is 11.9 Å². The molecule has 0 saturated heterocycles. The molecule has 2 aromatic rings. The Labute approximate surface area is 104 Å². The highest BCUT2D eigenvalue weighted by Gasteiger charge is 2.07. The summed E-state index contributed by atoms with van der Waals surface area (Å²) in [6.45, 7) is 2.34. The number of pyridine rings is 1. The van der Waals surface area contributed by atoms with Crippen LogP contribution in [0, 0.1) is 0 Å². The largest absolute Gasteiger partial charge is 0.477 e. The van der Waals surface area contributed by atoms with Crippen molar-refractivity contribution in [2.45, 2.75) is 6.92 Å². The smallest absolute Gasteiger partial charge is 0.258 e. The zero-order valence-corrected chi connectivity index (χ0v) is 9.83. The van der Waals surface area contributed by atoms with Crippen molar-refractivity contribution in [1.29, 1.82) is 0 Å². The van der Waals surface area contributed by atoms with Crippen LogP contribution in [0.25, 0.3) is 0 Å². The molecule has 0 aliphatic carbocycles. The van der Waals surface area contributed by atoms with Crippen molar-refractivity contribution in [3.63, 3.8) is 0 Å². The van der Waals surface area contributed by atoms with Crippen molar-refractivity contribution in [3.8, 4) is 5.88 Å². The first-order valence-corrected chi connectivity index (χ1v) is 5.46. The van der Waals surface area contributed by atoms with E-state index in [0.717, 1.165) is 0 Å². The molecule has 0 spiro atoms. The molecular formula is C12H12N4O2. The summed E-state index contributed by atoms with van der Waals surface area (Å²) in [7, 11) is 0. The third-order valence-corrected chi connectivity index (χ3v) is 2.07. The van der Waals surface area contributed by atoms with Gasteiger partial charge in [-0.25, -0.2) is 0 Å². The van der Waals surface area contributed by atoms with E-state index in [2.05, 4.69) is 20.3 Å². The van der Waals surface area contributed by atoms with E-state index >= 15 is 0 Å². The summed E-state index contributed by atoms with van der Waals surface area (Å²) in [5, 5.41) is 2.62. The molecule has 0 bridgehead atoms. The molecule has 0 unspecified atom stereocenters. The molecule has 0 saturated carbocycles. The third kappa shape index (κ3) is 3.00. The molecule has 0 atom stereocenters. The molecule has 92 valence electrons. The van der Waals surface area contributed by atoms with Gasteiger partial charge in [0.05, 0.1) is 24.6 Å². The first kappa shape index (κ1) is 12.0. The maximum absolute atomic E-state index is 11.8. The Balaban J connectivity index is 2.10. The van der Waals surface area contributed by atoms with Crippen molar-refractivity contribution in [3.05, 3.63) is 42.5 Å². The number of carbonyl (C=O) groups excluding carboxylic acids is 1. The molecule has 1 amide bonds. The second-order valence-electron chi connectivity index (χ2n) is 3.37. The normalized spacial score (nSPS) is 9.83. The van der Waals surface area contributed by atoms with Gasteiger partial charge in [0.1, 0.15) is 0 Å². The summed E-state index contributed by atoms with van der Waals surface area (Å²) in [6.07, 6.45) is 6.03. The average molecular weight is 244 g/mol. The van der Waals surface area contributed by atoms with Gasteiger partial charge in [0.25, 0.3) is 5.91 Å². The van der Waals surface area contributed by atoms with E-state index in [-0.39, 0.29) is 5.91 Å². The van der Waals surface area contributed by atoms with Crippen LogP contribution in [0.2, 0.25) is 0 Å².